The molecule has 3 nitrogen and oxygen atoms in total. The van der Waals surface area contributed by atoms with Crippen LogP contribution in [0.1, 0.15) is 22.3 Å². The van der Waals surface area contributed by atoms with Gasteiger partial charge in [-0.05, 0) is 54.8 Å². The number of carbonyl (C=O) groups is 1. The molecule has 0 bridgehead atoms. The second-order valence-corrected chi connectivity index (χ2v) is 5.48. The second-order valence-electron chi connectivity index (χ2n) is 5.08. The molecule has 0 saturated carbocycles. The molecule has 3 rings (SSSR count). The van der Waals surface area contributed by atoms with E-state index < -0.39 is 5.82 Å². The molecule has 0 fully saturated rings. The molecule has 1 aliphatic heterocycles. The van der Waals surface area contributed by atoms with Crippen molar-refractivity contribution in [3.8, 4) is 0 Å². The van der Waals surface area contributed by atoms with Crippen molar-refractivity contribution in [1.29, 1.82) is 0 Å². The Balaban J connectivity index is 1.98. The maximum Gasteiger partial charge on any atom is 0.258 e. The first-order valence-electron chi connectivity index (χ1n) is 6.71. The predicted octanol–water partition coefficient (Wildman–Crippen LogP) is 3.65. The van der Waals surface area contributed by atoms with Gasteiger partial charge in [0.15, 0.2) is 0 Å². The Morgan fingerprint density at radius 1 is 1.24 bits per heavy atom. The Morgan fingerprint density at radius 3 is 2.81 bits per heavy atom. The number of hydrogen-bond acceptors (Lipinski definition) is 2. The molecule has 1 amide bonds. The van der Waals surface area contributed by atoms with Gasteiger partial charge < -0.3 is 10.6 Å². The lowest BCUT2D eigenvalue weighted by Crippen LogP contribution is -2.35. The van der Waals surface area contributed by atoms with Crippen LogP contribution < -0.4 is 10.6 Å². The lowest BCUT2D eigenvalue weighted by atomic mass is 10.00. The minimum atomic E-state index is -0.528. The summed E-state index contributed by atoms with van der Waals surface area (Å²) in [6.07, 6.45) is 1.77. The zero-order valence-electron chi connectivity index (χ0n) is 11.3. The summed E-state index contributed by atoms with van der Waals surface area (Å²) >= 11 is 5.76. The molecule has 0 aromatic heterocycles. The van der Waals surface area contributed by atoms with E-state index in [0.29, 0.717) is 17.8 Å². The Kier molecular flexibility index (Phi) is 3.55. The minimum absolute atomic E-state index is 0.0459. The fraction of sp³-hybridized carbons (Fsp3) is 0.188. The highest BCUT2D eigenvalue weighted by molar-refractivity contribution is 6.31. The molecular weight excluding hydrogens is 291 g/mol. The molecular formula is C16H14ClFN2O. The molecule has 0 saturated heterocycles. The van der Waals surface area contributed by atoms with Crippen molar-refractivity contribution >= 4 is 28.9 Å². The van der Waals surface area contributed by atoms with Crippen LogP contribution in [0.3, 0.4) is 0 Å². The summed E-state index contributed by atoms with van der Waals surface area (Å²) < 4.78 is 13.2. The fourth-order valence-corrected chi connectivity index (χ4v) is 2.79. The molecule has 2 aromatic carbocycles. The quantitative estimate of drug-likeness (QED) is 0.817. The van der Waals surface area contributed by atoms with Gasteiger partial charge in [0.1, 0.15) is 5.82 Å². The van der Waals surface area contributed by atoms with Crippen molar-refractivity contribution in [2.24, 2.45) is 0 Å². The number of amides is 1. The number of carbonyl (C=O) groups excluding carboxylic acids is 1. The highest BCUT2D eigenvalue weighted by atomic mass is 35.5. The highest BCUT2D eigenvalue weighted by Gasteiger charge is 2.24. The number of nitrogens with zero attached hydrogens (tertiary/aromatic N) is 1. The average molecular weight is 305 g/mol. The van der Waals surface area contributed by atoms with E-state index in [1.165, 1.54) is 18.2 Å². The van der Waals surface area contributed by atoms with E-state index in [4.69, 9.17) is 17.3 Å². The Hall–Kier alpha value is -2.07. The molecule has 1 aliphatic rings. The molecule has 0 aliphatic carbocycles. The smallest absolute Gasteiger partial charge is 0.258 e. The third-order valence-electron chi connectivity index (χ3n) is 3.63. The van der Waals surface area contributed by atoms with Gasteiger partial charge in [-0.3, -0.25) is 4.79 Å². The van der Waals surface area contributed by atoms with Crippen molar-refractivity contribution in [2.75, 3.05) is 17.2 Å². The van der Waals surface area contributed by atoms with Gasteiger partial charge >= 0.3 is 0 Å². The maximum absolute atomic E-state index is 13.2. The van der Waals surface area contributed by atoms with E-state index in [2.05, 4.69) is 0 Å². The van der Waals surface area contributed by atoms with E-state index in [-0.39, 0.29) is 10.9 Å². The van der Waals surface area contributed by atoms with Crippen molar-refractivity contribution < 1.29 is 9.18 Å². The number of nitrogen functional groups attached to an aromatic ring is 1. The van der Waals surface area contributed by atoms with E-state index >= 15 is 0 Å². The van der Waals surface area contributed by atoms with Gasteiger partial charge in [-0.1, -0.05) is 11.6 Å². The normalized spacial score (nSPS) is 13.9. The molecule has 1 heterocycles. The minimum Gasteiger partial charge on any atom is -0.399 e. The first-order chi connectivity index (χ1) is 10.1. The summed E-state index contributed by atoms with van der Waals surface area (Å²) in [6.45, 7) is 0.630. The number of benzene rings is 2. The maximum atomic E-state index is 13.2. The van der Waals surface area contributed by atoms with Gasteiger partial charge in [0.25, 0.3) is 5.91 Å². The molecule has 2 aromatic rings. The summed E-state index contributed by atoms with van der Waals surface area (Å²) in [5.41, 5.74) is 8.78. The van der Waals surface area contributed by atoms with Crippen LogP contribution in [-0.2, 0) is 6.42 Å². The molecule has 2 N–H and O–H groups in total. The van der Waals surface area contributed by atoms with E-state index in [1.54, 1.807) is 11.0 Å². The number of rotatable bonds is 1. The van der Waals surface area contributed by atoms with Gasteiger partial charge in [-0.15, -0.1) is 0 Å². The third-order valence-corrected chi connectivity index (χ3v) is 3.92. The summed E-state index contributed by atoms with van der Waals surface area (Å²) in [7, 11) is 0. The average Bonchev–Trinajstić information content (AvgIpc) is 2.48. The fourth-order valence-electron chi connectivity index (χ4n) is 2.61. The molecule has 5 heteroatoms. The van der Waals surface area contributed by atoms with Crippen LogP contribution in [0.2, 0.25) is 5.02 Å². The number of halogens is 2. The Labute approximate surface area is 127 Å². The van der Waals surface area contributed by atoms with Gasteiger partial charge in [0.05, 0.1) is 5.02 Å². The van der Waals surface area contributed by atoms with Crippen LogP contribution in [0.15, 0.2) is 36.4 Å². The Bertz CT molecular complexity index is 717. The van der Waals surface area contributed by atoms with Crippen LogP contribution in [0, 0.1) is 5.82 Å². The summed E-state index contributed by atoms with van der Waals surface area (Å²) in [5.74, 6) is -0.706. The standard InChI is InChI=1S/C16H14ClFN2O/c17-13-9-11(3-5-14(13)18)16(21)20-7-1-2-10-8-12(19)4-6-15(10)20/h3-6,8-9H,1-2,7,19H2. The molecule has 0 unspecified atom stereocenters. The highest BCUT2D eigenvalue weighted by Crippen LogP contribution is 2.30. The Morgan fingerprint density at radius 2 is 2.05 bits per heavy atom. The number of anilines is 2. The van der Waals surface area contributed by atoms with Gasteiger partial charge in [0, 0.05) is 23.5 Å². The van der Waals surface area contributed by atoms with E-state index in [1.807, 2.05) is 12.1 Å². The zero-order valence-corrected chi connectivity index (χ0v) is 12.0. The summed E-state index contributed by atoms with van der Waals surface area (Å²) in [5, 5.41) is -0.0459. The van der Waals surface area contributed by atoms with Crippen LogP contribution in [0.4, 0.5) is 15.8 Å². The molecule has 0 spiro atoms. The van der Waals surface area contributed by atoms with E-state index in [0.717, 1.165) is 24.1 Å². The van der Waals surface area contributed by atoms with Gasteiger partial charge in [0.2, 0.25) is 0 Å². The molecule has 108 valence electrons. The zero-order chi connectivity index (χ0) is 15.0. The number of aryl methyl sites for hydroxylation is 1. The number of nitrogens with two attached hydrogens (primary N) is 1. The van der Waals surface area contributed by atoms with E-state index in [9.17, 15) is 9.18 Å². The van der Waals surface area contributed by atoms with Crippen molar-refractivity contribution in [3.05, 3.63) is 58.4 Å². The van der Waals surface area contributed by atoms with Crippen molar-refractivity contribution in [2.45, 2.75) is 12.8 Å². The van der Waals surface area contributed by atoms with Gasteiger partial charge in [-0.25, -0.2) is 4.39 Å². The van der Waals surface area contributed by atoms with Crippen LogP contribution in [0.25, 0.3) is 0 Å². The predicted molar refractivity (Wildman–Crippen MR) is 82.3 cm³/mol. The topological polar surface area (TPSA) is 46.3 Å². The van der Waals surface area contributed by atoms with Crippen molar-refractivity contribution in [3.63, 3.8) is 0 Å². The molecule has 21 heavy (non-hydrogen) atoms. The second kappa shape index (κ2) is 5.37. The molecule has 0 atom stereocenters. The van der Waals surface area contributed by atoms with Gasteiger partial charge in [-0.2, -0.15) is 0 Å². The first-order valence-corrected chi connectivity index (χ1v) is 7.09. The monoisotopic (exact) mass is 304 g/mol. The lowest BCUT2D eigenvalue weighted by molar-refractivity contribution is 0.0985. The number of fused-ring (bicyclic) bond motifs is 1. The van der Waals surface area contributed by atoms with Crippen LogP contribution >= 0.6 is 11.6 Å². The summed E-state index contributed by atoms with van der Waals surface area (Å²) in [6, 6.07) is 9.56. The summed E-state index contributed by atoms with van der Waals surface area (Å²) in [4.78, 5) is 14.3. The number of hydrogen-bond donors (Lipinski definition) is 1. The SMILES string of the molecule is Nc1ccc2c(c1)CCCN2C(=O)c1ccc(F)c(Cl)c1. The van der Waals surface area contributed by atoms with Crippen molar-refractivity contribution in [1.82, 2.24) is 0 Å². The van der Waals surface area contributed by atoms with Crippen LogP contribution in [0.5, 0.6) is 0 Å². The van der Waals surface area contributed by atoms with Crippen LogP contribution in [-0.4, -0.2) is 12.5 Å². The largest absolute Gasteiger partial charge is 0.399 e. The lowest BCUT2D eigenvalue weighted by Gasteiger charge is -2.29. The molecule has 0 radical (unpaired) electrons. The third kappa shape index (κ3) is 2.59. The first kappa shape index (κ1) is 13.9.